The monoisotopic (exact) mass is 421 g/mol. The number of halogens is 4. The van der Waals surface area contributed by atoms with Gasteiger partial charge in [0.25, 0.3) is 5.91 Å². The number of alkyl halides is 3. The second-order valence-electron chi connectivity index (χ2n) is 7.33. The molecule has 9 heteroatoms. The Morgan fingerprint density at radius 1 is 0.867 bits per heavy atom. The van der Waals surface area contributed by atoms with E-state index in [0.717, 1.165) is 22.7 Å². The van der Waals surface area contributed by atoms with Gasteiger partial charge in [0.2, 0.25) is 5.91 Å². The maximum absolute atomic E-state index is 13.1. The van der Waals surface area contributed by atoms with Crippen molar-refractivity contribution in [3.05, 3.63) is 59.9 Å². The van der Waals surface area contributed by atoms with Crippen molar-refractivity contribution in [1.29, 1.82) is 0 Å². The van der Waals surface area contributed by atoms with Crippen LogP contribution in [0.1, 0.15) is 12.0 Å². The number of nitrogens with zero attached hydrogens (tertiary/aromatic N) is 3. The van der Waals surface area contributed by atoms with E-state index in [4.69, 9.17) is 0 Å². The van der Waals surface area contributed by atoms with Gasteiger partial charge < -0.3 is 4.90 Å². The van der Waals surface area contributed by atoms with Gasteiger partial charge in [-0.2, -0.15) is 13.2 Å². The van der Waals surface area contributed by atoms with Crippen LogP contribution in [0, 0.1) is 5.82 Å². The van der Waals surface area contributed by atoms with E-state index in [1.807, 2.05) is 4.90 Å². The summed E-state index contributed by atoms with van der Waals surface area (Å²) in [5, 5.41) is 0. The summed E-state index contributed by atoms with van der Waals surface area (Å²) in [6.45, 7) is 2.20. The van der Waals surface area contributed by atoms with Crippen molar-refractivity contribution < 1.29 is 27.2 Å². The minimum absolute atomic E-state index is 0.0627. The van der Waals surface area contributed by atoms with Crippen LogP contribution in [-0.2, 0) is 15.8 Å². The number of carbonyl (C=O) groups excluding carboxylic acids is 2. The third-order valence-electron chi connectivity index (χ3n) is 5.50. The Labute approximate surface area is 170 Å². The van der Waals surface area contributed by atoms with Crippen LogP contribution in [0.5, 0.6) is 0 Å². The number of hydrogen-bond donors (Lipinski definition) is 0. The Morgan fingerprint density at radius 2 is 1.53 bits per heavy atom. The van der Waals surface area contributed by atoms with E-state index in [0.29, 0.717) is 26.2 Å². The van der Waals surface area contributed by atoms with Crippen LogP contribution in [0.3, 0.4) is 0 Å². The zero-order valence-corrected chi connectivity index (χ0v) is 15.9. The molecule has 2 aromatic carbocycles. The standard InChI is InChI=1S/C21H19F4N3O2/c22-15-4-6-16(7-5-15)26-8-10-27(11-9-26)18-13-19(29)28(20(18)30)17-3-1-2-14(12-17)21(23,24)25/h1-7,12,18H,8-11,13H2. The topological polar surface area (TPSA) is 43.9 Å². The fraction of sp³-hybridized carbons (Fsp3) is 0.333. The molecule has 0 radical (unpaired) electrons. The van der Waals surface area contributed by atoms with Crippen LogP contribution in [0.4, 0.5) is 28.9 Å². The Morgan fingerprint density at radius 3 is 2.17 bits per heavy atom. The van der Waals surface area contributed by atoms with Crippen LogP contribution in [0.15, 0.2) is 48.5 Å². The van der Waals surface area contributed by atoms with Crippen molar-refractivity contribution in [2.24, 2.45) is 0 Å². The molecule has 2 amide bonds. The maximum atomic E-state index is 13.1. The van der Waals surface area contributed by atoms with Crippen molar-refractivity contribution in [2.75, 3.05) is 36.0 Å². The minimum atomic E-state index is -4.56. The lowest BCUT2D eigenvalue weighted by Crippen LogP contribution is -2.52. The second-order valence-corrected chi connectivity index (χ2v) is 7.33. The van der Waals surface area contributed by atoms with Crippen LogP contribution < -0.4 is 9.80 Å². The molecule has 30 heavy (non-hydrogen) atoms. The van der Waals surface area contributed by atoms with Crippen molar-refractivity contribution >= 4 is 23.2 Å². The molecule has 0 saturated carbocycles. The number of hydrogen-bond acceptors (Lipinski definition) is 4. The predicted octanol–water partition coefficient (Wildman–Crippen LogP) is 3.30. The third-order valence-corrected chi connectivity index (χ3v) is 5.50. The molecular formula is C21H19F4N3O2. The highest BCUT2D eigenvalue weighted by atomic mass is 19.4. The lowest BCUT2D eigenvalue weighted by molar-refractivity contribution is -0.137. The van der Waals surface area contributed by atoms with E-state index in [1.54, 1.807) is 12.1 Å². The first-order valence-electron chi connectivity index (χ1n) is 9.52. The van der Waals surface area contributed by atoms with Crippen molar-refractivity contribution in [3.8, 4) is 0 Å². The normalized spacial score (nSPS) is 20.9. The summed E-state index contributed by atoms with van der Waals surface area (Å²) in [6.07, 6.45) is -4.62. The van der Waals surface area contributed by atoms with E-state index in [2.05, 4.69) is 4.90 Å². The fourth-order valence-corrected chi connectivity index (χ4v) is 3.94. The average molecular weight is 421 g/mol. The van der Waals surface area contributed by atoms with Crippen LogP contribution in [0.25, 0.3) is 0 Å². The molecule has 2 aliphatic heterocycles. The van der Waals surface area contributed by atoms with E-state index < -0.39 is 29.6 Å². The molecule has 158 valence electrons. The number of anilines is 2. The van der Waals surface area contributed by atoms with Gasteiger partial charge in [-0.1, -0.05) is 6.07 Å². The molecule has 0 bridgehead atoms. The first-order chi connectivity index (χ1) is 14.2. The molecule has 5 nitrogen and oxygen atoms in total. The lowest BCUT2D eigenvalue weighted by Gasteiger charge is -2.38. The molecule has 2 heterocycles. The maximum Gasteiger partial charge on any atom is 0.416 e. The van der Waals surface area contributed by atoms with Gasteiger partial charge in [0, 0.05) is 31.9 Å². The smallest absolute Gasteiger partial charge is 0.369 e. The summed E-state index contributed by atoms with van der Waals surface area (Å²) in [5.74, 6) is -1.33. The predicted molar refractivity (Wildman–Crippen MR) is 103 cm³/mol. The highest BCUT2D eigenvalue weighted by molar-refractivity contribution is 6.22. The fourth-order valence-electron chi connectivity index (χ4n) is 3.94. The van der Waals surface area contributed by atoms with Gasteiger partial charge in [-0.15, -0.1) is 0 Å². The third kappa shape index (κ3) is 3.89. The number of rotatable bonds is 3. The average Bonchev–Trinajstić information content (AvgIpc) is 3.02. The molecule has 2 fully saturated rings. The van der Waals surface area contributed by atoms with Crippen molar-refractivity contribution in [3.63, 3.8) is 0 Å². The quantitative estimate of drug-likeness (QED) is 0.564. The number of amides is 2. The Bertz CT molecular complexity index is 953. The molecular weight excluding hydrogens is 402 g/mol. The molecule has 0 N–H and O–H groups in total. The van der Waals surface area contributed by atoms with Crippen LogP contribution in [-0.4, -0.2) is 48.9 Å². The first kappa shape index (κ1) is 20.3. The molecule has 1 atom stereocenters. The molecule has 2 saturated heterocycles. The largest absolute Gasteiger partial charge is 0.416 e. The van der Waals surface area contributed by atoms with Crippen molar-refractivity contribution in [1.82, 2.24) is 4.90 Å². The summed E-state index contributed by atoms with van der Waals surface area (Å²) in [7, 11) is 0. The molecule has 1 unspecified atom stereocenters. The van der Waals surface area contributed by atoms with Gasteiger partial charge in [0.05, 0.1) is 23.7 Å². The van der Waals surface area contributed by atoms with Crippen LogP contribution in [0.2, 0.25) is 0 Å². The molecule has 0 spiro atoms. The van der Waals surface area contributed by atoms with E-state index >= 15 is 0 Å². The zero-order valence-electron chi connectivity index (χ0n) is 15.9. The number of piperazine rings is 1. The summed E-state index contributed by atoms with van der Waals surface area (Å²) in [4.78, 5) is 30.2. The minimum Gasteiger partial charge on any atom is -0.369 e. The highest BCUT2D eigenvalue weighted by Crippen LogP contribution is 2.34. The summed E-state index contributed by atoms with van der Waals surface area (Å²) < 4.78 is 52.1. The zero-order chi connectivity index (χ0) is 21.5. The van der Waals surface area contributed by atoms with E-state index in [1.165, 1.54) is 24.3 Å². The number of imide groups is 1. The van der Waals surface area contributed by atoms with Gasteiger partial charge in [0.15, 0.2) is 0 Å². The van der Waals surface area contributed by atoms with Crippen molar-refractivity contribution in [2.45, 2.75) is 18.6 Å². The Kier molecular flexibility index (Phi) is 5.23. The van der Waals surface area contributed by atoms with Gasteiger partial charge in [-0.25, -0.2) is 9.29 Å². The number of benzene rings is 2. The summed E-state index contributed by atoms with van der Waals surface area (Å²) in [6, 6.07) is 9.69. The SMILES string of the molecule is O=C1CC(N2CCN(c3ccc(F)cc3)CC2)C(=O)N1c1cccc(C(F)(F)F)c1. The van der Waals surface area contributed by atoms with Gasteiger partial charge in [-0.3, -0.25) is 14.5 Å². The number of carbonyl (C=O) groups is 2. The Balaban J connectivity index is 1.45. The van der Waals surface area contributed by atoms with Gasteiger partial charge >= 0.3 is 6.18 Å². The Hall–Kier alpha value is -2.94. The molecule has 4 rings (SSSR count). The lowest BCUT2D eigenvalue weighted by atomic mass is 10.1. The van der Waals surface area contributed by atoms with E-state index in [-0.39, 0.29) is 17.9 Å². The van der Waals surface area contributed by atoms with E-state index in [9.17, 15) is 27.2 Å². The molecule has 0 aliphatic carbocycles. The molecule has 0 aromatic heterocycles. The highest BCUT2D eigenvalue weighted by Gasteiger charge is 2.44. The summed E-state index contributed by atoms with van der Waals surface area (Å²) >= 11 is 0. The van der Waals surface area contributed by atoms with Crippen LogP contribution >= 0.6 is 0 Å². The first-order valence-corrected chi connectivity index (χ1v) is 9.52. The molecule has 2 aromatic rings. The second kappa shape index (κ2) is 7.71. The molecule has 2 aliphatic rings. The van der Waals surface area contributed by atoms with Gasteiger partial charge in [-0.05, 0) is 42.5 Å². The summed E-state index contributed by atoms with van der Waals surface area (Å²) in [5.41, 5.74) is -0.0975. The van der Waals surface area contributed by atoms with Gasteiger partial charge in [0.1, 0.15) is 5.82 Å².